The maximum Gasteiger partial charge on any atom is 0.337 e. The van der Waals surface area contributed by atoms with E-state index in [2.05, 4.69) is 10.2 Å². The van der Waals surface area contributed by atoms with Gasteiger partial charge in [0.05, 0.1) is 31.6 Å². The Balaban J connectivity index is 1.57. The Labute approximate surface area is 246 Å². The molecule has 206 valence electrons. The Morgan fingerprint density at radius 2 is 1.75 bits per heavy atom. The van der Waals surface area contributed by atoms with E-state index in [0.717, 1.165) is 18.0 Å². The fraction of sp³-hybridized carbons (Fsp3) is 0.281. The summed E-state index contributed by atoms with van der Waals surface area (Å²) in [7, 11) is 3.20. The van der Waals surface area contributed by atoms with Gasteiger partial charge in [-0.2, -0.15) is 0 Å². The maximum atomic E-state index is 13.5. The molecular formula is C32H34N4O4. The Bertz CT molecular complexity index is 1790. The fourth-order valence-corrected chi connectivity index (χ4v) is 4.80. The number of amides is 2. The predicted octanol–water partition coefficient (Wildman–Crippen LogP) is 3.79. The lowest BCUT2D eigenvalue weighted by Gasteiger charge is -2.32. The summed E-state index contributed by atoms with van der Waals surface area (Å²) in [4.78, 5) is 43.8. The number of hydrogen-bond donors (Lipinski definition) is 1. The summed E-state index contributed by atoms with van der Waals surface area (Å²) in [5.74, 6) is -1.81. The van der Waals surface area contributed by atoms with E-state index in [-0.39, 0.29) is 46.6 Å². The number of ether oxygens (including phenoxy) is 1. The van der Waals surface area contributed by atoms with Crippen LogP contribution in [0.5, 0.6) is 0 Å². The van der Waals surface area contributed by atoms with Crippen molar-refractivity contribution in [3.63, 3.8) is 0 Å². The second kappa shape index (κ2) is 11.9. The Morgan fingerprint density at radius 1 is 1.02 bits per heavy atom. The van der Waals surface area contributed by atoms with Gasteiger partial charge in [0.2, 0.25) is 5.91 Å². The first kappa shape index (κ1) is 18.9. The first-order chi connectivity index (χ1) is 22.6. The van der Waals surface area contributed by atoms with Gasteiger partial charge < -0.3 is 19.9 Å². The summed E-state index contributed by atoms with van der Waals surface area (Å²) in [6.45, 7) is -0.0455. The number of piperazine rings is 1. The van der Waals surface area contributed by atoms with Gasteiger partial charge >= 0.3 is 5.97 Å². The molecule has 0 bridgehead atoms. The summed E-state index contributed by atoms with van der Waals surface area (Å²) < 4.78 is 71.0. The molecule has 3 aromatic rings. The predicted molar refractivity (Wildman–Crippen MR) is 157 cm³/mol. The first-order valence-electron chi connectivity index (χ1n) is 16.8. The molecule has 1 fully saturated rings. The number of esters is 1. The molecule has 1 saturated heterocycles. The zero-order valence-electron chi connectivity index (χ0n) is 30.3. The molecule has 0 saturated carbocycles. The molecule has 8 heteroatoms. The number of likely N-dealkylation sites (N-methyl/N-ethyl adjacent to an activating group) is 2. The van der Waals surface area contributed by atoms with Gasteiger partial charge in [-0.05, 0) is 54.4 Å². The van der Waals surface area contributed by atoms with E-state index in [1.807, 2.05) is 11.9 Å². The van der Waals surface area contributed by atoms with E-state index in [9.17, 15) is 14.4 Å². The third-order valence-corrected chi connectivity index (χ3v) is 7.07. The molecule has 40 heavy (non-hydrogen) atoms. The minimum absolute atomic E-state index is 0.0514. The van der Waals surface area contributed by atoms with Crippen molar-refractivity contribution in [1.82, 2.24) is 9.80 Å². The summed E-state index contributed by atoms with van der Waals surface area (Å²) in [5.41, 5.74) is 1.47. The van der Waals surface area contributed by atoms with Gasteiger partial charge in [0.25, 0.3) is 5.91 Å². The molecule has 2 heterocycles. The largest absolute Gasteiger partial charge is 0.465 e. The standard InChI is InChI=1S/C32H34N4O4/c1-34-15-17-36(18-16-34)21-29(37)35(2)25-12-9-22(10-13-25)19-27(23-7-5-4-6-8-23)30-26-14-11-24(32(39)40-3)20-28(26)33-31(30)38/h4-14,20H,15-19,21H2,1-3H3,(H,33,38)/b30-27+/i2D3,4D,5D,6D,7D,8D. The number of nitrogens with one attached hydrogen (secondary N) is 1. The summed E-state index contributed by atoms with van der Waals surface area (Å²) in [6, 6.07) is 7.75. The fourth-order valence-electron chi connectivity index (χ4n) is 4.80. The van der Waals surface area contributed by atoms with Gasteiger partial charge in [-0.1, -0.05) is 48.4 Å². The molecule has 0 aliphatic carbocycles. The quantitative estimate of drug-likeness (QED) is 0.359. The number of benzene rings is 3. The number of allylic oxidation sites excluding steroid dienone is 1. The Hall–Kier alpha value is -4.27. The van der Waals surface area contributed by atoms with Crippen molar-refractivity contribution in [1.29, 1.82) is 0 Å². The maximum absolute atomic E-state index is 13.5. The molecule has 0 aromatic heterocycles. The van der Waals surface area contributed by atoms with Crippen LogP contribution < -0.4 is 10.2 Å². The monoisotopic (exact) mass is 546 g/mol. The SMILES string of the molecule is [2H]c1c([2H])c([2H])c(/C(Cc2ccc(N(C(=O)CN3CCN(C)CC3)C([2H])([2H])[2H])cc2)=C2/C(=O)Nc3cc(C(=O)OC)ccc32)c([2H])c1[2H]. The molecule has 2 aliphatic heterocycles. The van der Waals surface area contributed by atoms with Gasteiger partial charge in [0, 0.05) is 54.2 Å². The zero-order chi connectivity index (χ0) is 35.1. The summed E-state index contributed by atoms with van der Waals surface area (Å²) in [6.07, 6.45) is -0.0990. The minimum Gasteiger partial charge on any atom is -0.465 e. The zero-order valence-corrected chi connectivity index (χ0v) is 22.3. The van der Waals surface area contributed by atoms with Crippen LogP contribution in [0.15, 0.2) is 72.7 Å². The number of fused-ring (bicyclic) bond motifs is 1. The smallest absolute Gasteiger partial charge is 0.337 e. The molecule has 8 nitrogen and oxygen atoms in total. The molecular weight excluding hydrogens is 504 g/mol. The van der Waals surface area contributed by atoms with Crippen LogP contribution in [-0.4, -0.2) is 81.4 Å². The number of methoxy groups -OCH3 is 1. The van der Waals surface area contributed by atoms with Gasteiger partial charge in [0.15, 0.2) is 0 Å². The highest BCUT2D eigenvalue weighted by molar-refractivity contribution is 6.37. The van der Waals surface area contributed by atoms with Crippen molar-refractivity contribution in [2.45, 2.75) is 6.42 Å². The van der Waals surface area contributed by atoms with Crippen LogP contribution in [0, 0.1) is 0 Å². The third kappa shape index (κ3) is 5.83. The average Bonchev–Trinajstić information content (AvgIpc) is 3.37. The van der Waals surface area contributed by atoms with E-state index in [1.54, 1.807) is 12.1 Å². The second-order valence-electron chi connectivity index (χ2n) is 9.71. The number of nitrogens with zero attached hydrogens (tertiary/aromatic N) is 3. The highest BCUT2D eigenvalue weighted by Gasteiger charge is 2.29. The van der Waals surface area contributed by atoms with Gasteiger partial charge in [-0.3, -0.25) is 14.5 Å². The molecule has 0 unspecified atom stereocenters. The summed E-state index contributed by atoms with van der Waals surface area (Å²) in [5, 5.41) is 2.70. The number of carbonyl (C=O) groups is 3. The van der Waals surface area contributed by atoms with Gasteiger partial charge in [-0.25, -0.2) is 4.79 Å². The topological polar surface area (TPSA) is 82.2 Å². The molecule has 3 aromatic carbocycles. The first-order valence-corrected chi connectivity index (χ1v) is 12.8. The third-order valence-electron chi connectivity index (χ3n) is 7.07. The van der Waals surface area contributed by atoms with E-state index in [1.165, 1.54) is 37.4 Å². The lowest BCUT2D eigenvalue weighted by Crippen LogP contribution is -2.48. The van der Waals surface area contributed by atoms with Crippen LogP contribution >= 0.6 is 0 Å². The van der Waals surface area contributed by atoms with E-state index >= 15 is 0 Å². The molecule has 2 amide bonds. The van der Waals surface area contributed by atoms with E-state index in [0.29, 0.717) is 24.2 Å². The van der Waals surface area contributed by atoms with Crippen LogP contribution in [0.4, 0.5) is 11.4 Å². The molecule has 1 N–H and O–H groups in total. The molecule has 5 rings (SSSR count). The molecule has 2 aliphatic rings. The van der Waals surface area contributed by atoms with Crippen molar-refractivity contribution in [3.05, 3.63) is 94.9 Å². The van der Waals surface area contributed by atoms with Crippen molar-refractivity contribution in [3.8, 4) is 0 Å². The van der Waals surface area contributed by atoms with E-state index < -0.39 is 55.0 Å². The van der Waals surface area contributed by atoms with Crippen molar-refractivity contribution < 1.29 is 30.1 Å². The van der Waals surface area contributed by atoms with Crippen LogP contribution in [0.2, 0.25) is 0 Å². The average molecular weight is 547 g/mol. The van der Waals surface area contributed by atoms with Crippen LogP contribution in [-0.2, 0) is 20.7 Å². The minimum atomic E-state index is -2.76. The number of carbonyl (C=O) groups excluding carboxylic acids is 3. The Morgan fingerprint density at radius 3 is 2.42 bits per heavy atom. The van der Waals surface area contributed by atoms with Gasteiger partial charge in [-0.15, -0.1) is 0 Å². The van der Waals surface area contributed by atoms with Crippen molar-refractivity contribution in [2.24, 2.45) is 0 Å². The van der Waals surface area contributed by atoms with Gasteiger partial charge in [0.1, 0.15) is 0 Å². The van der Waals surface area contributed by atoms with Crippen molar-refractivity contribution in [2.75, 3.05) is 64.1 Å². The lowest BCUT2D eigenvalue weighted by atomic mass is 9.90. The highest BCUT2D eigenvalue weighted by Crippen LogP contribution is 2.39. The van der Waals surface area contributed by atoms with Crippen LogP contribution in [0.3, 0.4) is 0 Å². The number of anilines is 2. The van der Waals surface area contributed by atoms with Crippen LogP contribution in [0.25, 0.3) is 11.1 Å². The second-order valence-corrected chi connectivity index (χ2v) is 9.71. The summed E-state index contributed by atoms with van der Waals surface area (Å²) >= 11 is 0. The molecule has 0 atom stereocenters. The van der Waals surface area contributed by atoms with Crippen LogP contribution in [0.1, 0.15) is 38.0 Å². The Kier molecular flexibility index (Phi) is 5.61. The molecule has 0 radical (unpaired) electrons. The molecule has 0 spiro atoms. The lowest BCUT2D eigenvalue weighted by molar-refractivity contribution is -0.119. The number of hydrogen-bond acceptors (Lipinski definition) is 6. The highest BCUT2D eigenvalue weighted by atomic mass is 16.5. The number of rotatable bonds is 7. The van der Waals surface area contributed by atoms with E-state index in [4.69, 9.17) is 15.7 Å². The van der Waals surface area contributed by atoms with Crippen molar-refractivity contribution >= 4 is 40.3 Å². The normalized spacial score (nSPS) is 19.9.